The smallest absolute Gasteiger partial charge is 0.270 e. The third-order valence-corrected chi connectivity index (χ3v) is 6.73. The van der Waals surface area contributed by atoms with Gasteiger partial charge in [-0.05, 0) is 40.3 Å². The summed E-state index contributed by atoms with van der Waals surface area (Å²) in [6.07, 6.45) is 1.29. The monoisotopic (exact) mass is 369 g/mol. The third-order valence-electron chi connectivity index (χ3n) is 5.00. The van der Waals surface area contributed by atoms with Crippen LogP contribution in [0.4, 0.5) is 5.82 Å². The summed E-state index contributed by atoms with van der Waals surface area (Å²) < 4.78 is 0. The van der Waals surface area contributed by atoms with Gasteiger partial charge >= 0.3 is 0 Å². The zero-order valence-corrected chi connectivity index (χ0v) is 14.8. The Morgan fingerprint density at radius 3 is 2.76 bits per heavy atom. The summed E-state index contributed by atoms with van der Waals surface area (Å²) in [5.74, 6) is 0.729. The van der Waals surface area contributed by atoms with Crippen molar-refractivity contribution in [3.63, 3.8) is 0 Å². The molecule has 0 amide bonds. The number of aromatic amines is 2. The number of thiophene rings is 2. The average Bonchev–Trinajstić information content (AvgIpc) is 3.36. The maximum absolute atomic E-state index is 13.1. The molecule has 0 spiro atoms. The van der Waals surface area contributed by atoms with Gasteiger partial charge in [0, 0.05) is 34.4 Å². The van der Waals surface area contributed by atoms with Gasteiger partial charge in [0.15, 0.2) is 5.78 Å². The third kappa shape index (κ3) is 2.26. The molecular formula is C18H15N3O2S2. The van der Waals surface area contributed by atoms with Gasteiger partial charge in [-0.3, -0.25) is 19.8 Å². The molecule has 1 aliphatic carbocycles. The van der Waals surface area contributed by atoms with Crippen LogP contribution in [-0.4, -0.2) is 16.0 Å². The minimum Gasteiger partial charge on any atom is -0.343 e. The zero-order chi connectivity index (χ0) is 17.0. The molecule has 5 rings (SSSR count). The van der Waals surface area contributed by atoms with Crippen molar-refractivity contribution in [2.75, 3.05) is 5.32 Å². The lowest BCUT2D eigenvalue weighted by atomic mass is 9.74. The summed E-state index contributed by atoms with van der Waals surface area (Å²) in [5.41, 5.74) is 3.14. The molecule has 126 valence electrons. The number of carbonyl (C=O) groups excluding carboxylic acids is 1. The van der Waals surface area contributed by atoms with Crippen LogP contribution in [0, 0.1) is 0 Å². The van der Waals surface area contributed by atoms with E-state index in [1.165, 1.54) is 4.88 Å². The summed E-state index contributed by atoms with van der Waals surface area (Å²) in [4.78, 5) is 26.7. The van der Waals surface area contributed by atoms with Crippen LogP contribution < -0.4 is 10.9 Å². The van der Waals surface area contributed by atoms with E-state index < -0.39 is 0 Å². The van der Waals surface area contributed by atoms with Crippen LogP contribution >= 0.6 is 22.7 Å². The molecule has 1 unspecified atom stereocenters. The fraction of sp³-hybridized carbons (Fsp3) is 0.222. The van der Waals surface area contributed by atoms with Crippen LogP contribution in [0.5, 0.6) is 0 Å². The van der Waals surface area contributed by atoms with E-state index >= 15 is 0 Å². The van der Waals surface area contributed by atoms with Gasteiger partial charge in [0.05, 0.1) is 5.56 Å². The predicted octanol–water partition coefficient (Wildman–Crippen LogP) is 3.78. The number of hydrogen-bond acceptors (Lipinski definition) is 5. The number of anilines is 1. The fourth-order valence-corrected chi connectivity index (χ4v) is 5.43. The van der Waals surface area contributed by atoms with E-state index in [4.69, 9.17) is 0 Å². The molecule has 2 atom stereocenters. The SMILES string of the molecule is O=C1C[C@@H](c2cccs2)CC2=C1C(c1ccsc1)c1c([nH][nH]c1=O)N2. The highest BCUT2D eigenvalue weighted by atomic mass is 32.1. The summed E-state index contributed by atoms with van der Waals surface area (Å²) in [7, 11) is 0. The number of nitrogens with one attached hydrogen (secondary N) is 3. The Morgan fingerprint density at radius 2 is 2.00 bits per heavy atom. The number of ketones is 1. The molecule has 0 radical (unpaired) electrons. The number of carbonyl (C=O) groups is 1. The Balaban J connectivity index is 1.66. The van der Waals surface area contributed by atoms with Crippen LogP contribution in [0.1, 0.15) is 40.7 Å². The first kappa shape index (κ1) is 14.9. The number of H-pyrrole nitrogens is 2. The van der Waals surface area contributed by atoms with Crippen LogP contribution in [0.25, 0.3) is 0 Å². The maximum atomic E-state index is 13.1. The van der Waals surface area contributed by atoms with Gasteiger partial charge in [0.1, 0.15) is 5.82 Å². The second-order valence-corrected chi connectivity index (χ2v) is 8.18. The van der Waals surface area contributed by atoms with Crippen LogP contribution in [0.15, 0.2) is 50.4 Å². The van der Waals surface area contributed by atoms with Crippen LogP contribution in [0.3, 0.4) is 0 Å². The molecule has 3 aromatic rings. The lowest BCUT2D eigenvalue weighted by molar-refractivity contribution is -0.116. The van der Waals surface area contributed by atoms with Gasteiger partial charge in [-0.25, -0.2) is 0 Å². The topological polar surface area (TPSA) is 77.8 Å². The molecule has 1 aliphatic heterocycles. The van der Waals surface area contributed by atoms with Crippen molar-refractivity contribution in [1.29, 1.82) is 0 Å². The van der Waals surface area contributed by atoms with Crippen molar-refractivity contribution in [1.82, 2.24) is 10.2 Å². The number of fused-ring (bicyclic) bond motifs is 1. The summed E-state index contributed by atoms with van der Waals surface area (Å²) in [6, 6.07) is 6.12. The lowest BCUT2D eigenvalue weighted by Gasteiger charge is -2.33. The molecule has 4 heterocycles. The molecule has 2 aliphatic rings. The largest absolute Gasteiger partial charge is 0.343 e. The normalized spacial score (nSPS) is 22.5. The molecule has 3 aromatic heterocycles. The first-order valence-corrected chi connectivity index (χ1v) is 9.94. The first-order chi connectivity index (χ1) is 12.2. The molecule has 25 heavy (non-hydrogen) atoms. The fourth-order valence-electron chi connectivity index (χ4n) is 3.92. The molecule has 0 saturated heterocycles. The highest BCUT2D eigenvalue weighted by molar-refractivity contribution is 7.10. The van der Waals surface area contributed by atoms with Gasteiger partial charge in [-0.15, -0.1) is 11.3 Å². The van der Waals surface area contributed by atoms with Crippen LogP contribution in [0.2, 0.25) is 0 Å². The molecule has 0 bridgehead atoms. The standard InChI is InChI=1S/C18H15N3O2S2/c22-12-7-10(13-2-1-4-25-13)6-11-15(12)14(9-3-5-24-8-9)16-17(19-11)20-21-18(16)23/h1-5,8,10,14H,6-7H2,(H3,19,20,21,23)/t10-,14?/m0/s1. The highest BCUT2D eigenvalue weighted by Gasteiger charge is 2.40. The first-order valence-electron chi connectivity index (χ1n) is 8.11. The average molecular weight is 369 g/mol. The van der Waals surface area contributed by atoms with Crippen molar-refractivity contribution in [2.45, 2.75) is 24.7 Å². The van der Waals surface area contributed by atoms with Crippen molar-refractivity contribution in [2.24, 2.45) is 0 Å². The number of allylic oxidation sites excluding steroid dienone is 2. The quantitative estimate of drug-likeness (QED) is 0.643. The van der Waals surface area contributed by atoms with E-state index in [9.17, 15) is 9.59 Å². The zero-order valence-electron chi connectivity index (χ0n) is 13.2. The van der Waals surface area contributed by atoms with E-state index in [0.29, 0.717) is 17.8 Å². The maximum Gasteiger partial charge on any atom is 0.270 e. The Kier molecular flexibility index (Phi) is 3.33. The molecule has 0 saturated carbocycles. The van der Waals surface area contributed by atoms with Gasteiger partial charge in [-0.2, -0.15) is 11.3 Å². The van der Waals surface area contributed by atoms with E-state index in [0.717, 1.165) is 23.3 Å². The molecule has 5 nitrogen and oxygen atoms in total. The number of rotatable bonds is 2. The van der Waals surface area contributed by atoms with Crippen molar-refractivity contribution in [3.05, 3.63) is 72.0 Å². The summed E-state index contributed by atoms with van der Waals surface area (Å²) >= 11 is 3.27. The van der Waals surface area contributed by atoms with Gasteiger partial charge in [0.25, 0.3) is 5.56 Å². The highest BCUT2D eigenvalue weighted by Crippen LogP contribution is 2.47. The Bertz CT molecular complexity index is 1030. The van der Waals surface area contributed by atoms with E-state index in [1.54, 1.807) is 22.7 Å². The van der Waals surface area contributed by atoms with Crippen molar-refractivity contribution < 1.29 is 4.79 Å². The minimum absolute atomic E-state index is 0.134. The van der Waals surface area contributed by atoms with Gasteiger partial charge in [-0.1, -0.05) is 6.07 Å². The van der Waals surface area contributed by atoms with Crippen LogP contribution in [-0.2, 0) is 4.79 Å². The molecule has 3 N–H and O–H groups in total. The Labute approximate surface area is 151 Å². The number of hydrogen-bond donors (Lipinski definition) is 3. The van der Waals surface area contributed by atoms with E-state index in [-0.39, 0.29) is 23.2 Å². The van der Waals surface area contributed by atoms with Crippen molar-refractivity contribution in [3.8, 4) is 0 Å². The number of aromatic nitrogens is 2. The van der Waals surface area contributed by atoms with Gasteiger partial charge in [0.2, 0.25) is 0 Å². The Hall–Kier alpha value is -2.38. The molecular weight excluding hydrogens is 354 g/mol. The lowest BCUT2D eigenvalue weighted by Crippen LogP contribution is -2.31. The van der Waals surface area contributed by atoms with Gasteiger partial charge < -0.3 is 5.32 Å². The number of Topliss-reactive ketones (excluding diaryl/α,β-unsaturated/α-hetero) is 1. The summed E-state index contributed by atoms with van der Waals surface area (Å²) in [5, 5.41) is 15.0. The molecule has 0 aromatic carbocycles. The Morgan fingerprint density at radius 1 is 1.08 bits per heavy atom. The van der Waals surface area contributed by atoms with E-state index in [1.807, 2.05) is 28.3 Å². The molecule has 7 heteroatoms. The predicted molar refractivity (Wildman–Crippen MR) is 99.5 cm³/mol. The van der Waals surface area contributed by atoms with E-state index in [2.05, 4.69) is 21.6 Å². The summed E-state index contributed by atoms with van der Waals surface area (Å²) in [6.45, 7) is 0. The second kappa shape index (κ2) is 5.57. The molecule has 0 fully saturated rings. The minimum atomic E-state index is -0.288. The van der Waals surface area contributed by atoms with Crippen molar-refractivity contribution >= 4 is 34.3 Å². The second-order valence-electron chi connectivity index (χ2n) is 6.42.